The van der Waals surface area contributed by atoms with Crippen LogP contribution in [0.25, 0.3) is 0 Å². The van der Waals surface area contributed by atoms with Gasteiger partial charge in [0.1, 0.15) is 0 Å². The number of hydrogen-bond acceptors (Lipinski definition) is 4. The highest BCUT2D eigenvalue weighted by Crippen LogP contribution is 2.31. The maximum absolute atomic E-state index is 11.1. The van der Waals surface area contributed by atoms with E-state index in [4.69, 9.17) is 0 Å². The standard InChI is InChI=1S/C11H18N2OS2/c1-11(2,3)8(6-15)7-16-10-12-5-4-9(14)13-10/h4-5,8,15H,6-7H2,1-3H3,(H,12,13,14). The van der Waals surface area contributed by atoms with Gasteiger partial charge in [-0.05, 0) is 17.1 Å². The summed E-state index contributed by atoms with van der Waals surface area (Å²) < 4.78 is 0. The molecule has 1 atom stereocenters. The van der Waals surface area contributed by atoms with E-state index in [-0.39, 0.29) is 11.0 Å². The van der Waals surface area contributed by atoms with Gasteiger partial charge in [0.05, 0.1) is 0 Å². The van der Waals surface area contributed by atoms with Crippen LogP contribution in [0.1, 0.15) is 20.8 Å². The topological polar surface area (TPSA) is 45.8 Å². The number of H-pyrrole nitrogens is 1. The number of rotatable bonds is 4. The molecule has 0 fully saturated rings. The quantitative estimate of drug-likeness (QED) is 0.495. The molecule has 0 aliphatic heterocycles. The van der Waals surface area contributed by atoms with Crippen molar-refractivity contribution in [3.05, 3.63) is 22.6 Å². The first-order valence-corrected chi connectivity index (χ1v) is 6.84. The number of hydrogen-bond donors (Lipinski definition) is 2. The van der Waals surface area contributed by atoms with E-state index in [1.54, 1.807) is 11.8 Å². The fourth-order valence-corrected chi connectivity index (χ4v) is 3.32. The molecular weight excluding hydrogens is 240 g/mol. The van der Waals surface area contributed by atoms with Gasteiger partial charge in [-0.15, -0.1) is 0 Å². The monoisotopic (exact) mass is 258 g/mol. The van der Waals surface area contributed by atoms with Crippen LogP contribution in [0.3, 0.4) is 0 Å². The highest BCUT2D eigenvalue weighted by Gasteiger charge is 2.23. The molecule has 0 saturated carbocycles. The second kappa shape index (κ2) is 5.77. The van der Waals surface area contributed by atoms with E-state index in [1.165, 1.54) is 12.3 Å². The summed E-state index contributed by atoms with van der Waals surface area (Å²) in [6.07, 6.45) is 1.54. The zero-order chi connectivity index (χ0) is 12.2. The summed E-state index contributed by atoms with van der Waals surface area (Å²) in [5.74, 6) is 2.25. The minimum Gasteiger partial charge on any atom is -0.301 e. The Morgan fingerprint density at radius 3 is 2.75 bits per heavy atom. The second-order valence-corrected chi connectivity index (χ2v) is 6.17. The Morgan fingerprint density at radius 2 is 2.25 bits per heavy atom. The Balaban J connectivity index is 2.60. The molecule has 0 spiro atoms. The Hall–Kier alpha value is -0.420. The van der Waals surface area contributed by atoms with E-state index in [0.717, 1.165) is 11.5 Å². The van der Waals surface area contributed by atoms with Crippen molar-refractivity contribution in [2.45, 2.75) is 25.9 Å². The summed E-state index contributed by atoms with van der Waals surface area (Å²) in [5.41, 5.74) is 0.125. The van der Waals surface area contributed by atoms with E-state index < -0.39 is 0 Å². The molecule has 1 N–H and O–H groups in total. The van der Waals surface area contributed by atoms with Crippen molar-refractivity contribution in [3.63, 3.8) is 0 Å². The lowest BCUT2D eigenvalue weighted by Gasteiger charge is -2.28. The average molecular weight is 258 g/mol. The van der Waals surface area contributed by atoms with Crippen molar-refractivity contribution in [2.24, 2.45) is 11.3 Å². The Kier molecular flexibility index (Phi) is 4.92. The molecule has 1 rings (SSSR count). The van der Waals surface area contributed by atoms with Gasteiger partial charge < -0.3 is 4.98 Å². The van der Waals surface area contributed by atoms with Crippen molar-refractivity contribution < 1.29 is 0 Å². The van der Waals surface area contributed by atoms with Gasteiger partial charge in [-0.1, -0.05) is 32.5 Å². The predicted octanol–water partition coefficient (Wildman–Crippen LogP) is 2.45. The number of aromatic amines is 1. The largest absolute Gasteiger partial charge is 0.301 e. The minimum absolute atomic E-state index is 0.101. The Morgan fingerprint density at radius 1 is 1.56 bits per heavy atom. The molecule has 0 aromatic carbocycles. The van der Waals surface area contributed by atoms with Gasteiger partial charge in [0.2, 0.25) is 0 Å². The van der Waals surface area contributed by atoms with E-state index >= 15 is 0 Å². The van der Waals surface area contributed by atoms with Gasteiger partial charge in [0.25, 0.3) is 5.56 Å². The molecule has 0 amide bonds. The molecule has 0 radical (unpaired) electrons. The maximum atomic E-state index is 11.1. The smallest absolute Gasteiger partial charge is 0.251 e. The highest BCUT2D eigenvalue weighted by atomic mass is 32.2. The van der Waals surface area contributed by atoms with E-state index in [1.807, 2.05) is 0 Å². The zero-order valence-corrected chi connectivity index (χ0v) is 11.6. The molecule has 0 aliphatic carbocycles. The van der Waals surface area contributed by atoms with E-state index in [9.17, 15) is 4.79 Å². The summed E-state index contributed by atoms with van der Waals surface area (Å²) in [6, 6.07) is 1.42. The molecular formula is C11H18N2OS2. The fraction of sp³-hybridized carbons (Fsp3) is 0.636. The highest BCUT2D eigenvalue weighted by molar-refractivity contribution is 7.99. The van der Waals surface area contributed by atoms with Crippen LogP contribution in [0.5, 0.6) is 0 Å². The number of thiol groups is 1. The first-order chi connectivity index (χ1) is 7.43. The van der Waals surface area contributed by atoms with Crippen molar-refractivity contribution in [2.75, 3.05) is 11.5 Å². The summed E-state index contributed by atoms with van der Waals surface area (Å²) in [6.45, 7) is 6.61. The predicted molar refractivity (Wildman–Crippen MR) is 72.4 cm³/mol. The van der Waals surface area contributed by atoms with Gasteiger partial charge in [-0.2, -0.15) is 12.6 Å². The van der Waals surface area contributed by atoms with Crippen LogP contribution in [0.4, 0.5) is 0 Å². The second-order valence-electron chi connectivity index (χ2n) is 4.80. The fourth-order valence-electron chi connectivity index (χ4n) is 1.18. The number of thioether (sulfide) groups is 1. The van der Waals surface area contributed by atoms with Gasteiger partial charge in [-0.3, -0.25) is 4.79 Å². The lowest BCUT2D eigenvalue weighted by Crippen LogP contribution is -2.24. The Bertz CT molecular complexity index is 384. The molecule has 1 unspecified atom stereocenters. The van der Waals surface area contributed by atoms with Crippen LogP contribution < -0.4 is 5.56 Å². The van der Waals surface area contributed by atoms with Crippen LogP contribution in [0.2, 0.25) is 0 Å². The molecule has 0 saturated heterocycles. The van der Waals surface area contributed by atoms with Crippen LogP contribution in [0.15, 0.2) is 22.2 Å². The van der Waals surface area contributed by atoms with Crippen LogP contribution in [-0.2, 0) is 0 Å². The average Bonchev–Trinajstić information content (AvgIpc) is 2.16. The number of aromatic nitrogens is 2. The zero-order valence-electron chi connectivity index (χ0n) is 9.86. The molecule has 5 heteroatoms. The first kappa shape index (κ1) is 13.6. The third-order valence-corrected chi connectivity index (χ3v) is 4.00. The molecule has 1 aromatic rings. The normalized spacial score (nSPS) is 13.8. The number of nitrogens with zero attached hydrogens (tertiary/aromatic N) is 1. The van der Waals surface area contributed by atoms with Crippen LogP contribution in [0, 0.1) is 11.3 Å². The van der Waals surface area contributed by atoms with E-state index in [2.05, 4.69) is 43.4 Å². The van der Waals surface area contributed by atoms with Crippen LogP contribution in [-0.4, -0.2) is 21.5 Å². The summed E-state index contributed by atoms with van der Waals surface area (Å²) in [5, 5.41) is 0.684. The summed E-state index contributed by atoms with van der Waals surface area (Å²) in [4.78, 5) is 17.9. The maximum Gasteiger partial charge on any atom is 0.251 e. The van der Waals surface area contributed by atoms with Crippen molar-refractivity contribution in [3.8, 4) is 0 Å². The van der Waals surface area contributed by atoms with Crippen molar-refractivity contribution in [1.82, 2.24) is 9.97 Å². The van der Waals surface area contributed by atoms with Crippen molar-refractivity contribution >= 4 is 24.4 Å². The molecule has 1 heterocycles. The number of nitrogens with one attached hydrogen (secondary N) is 1. The third-order valence-electron chi connectivity index (χ3n) is 2.51. The third kappa shape index (κ3) is 4.22. The lowest BCUT2D eigenvalue weighted by molar-refractivity contribution is 0.294. The van der Waals surface area contributed by atoms with E-state index in [0.29, 0.717) is 11.1 Å². The van der Waals surface area contributed by atoms with Gasteiger partial charge in [0, 0.05) is 18.0 Å². The van der Waals surface area contributed by atoms with Gasteiger partial charge in [0.15, 0.2) is 5.16 Å². The molecule has 0 bridgehead atoms. The van der Waals surface area contributed by atoms with Gasteiger partial charge >= 0.3 is 0 Å². The van der Waals surface area contributed by atoms with Gasteiger partial charge in [-0.25, -0.2) is 4.98 Å². The first-order valence-electron chi connectivity index (χ1n) is 5.22. The molecule has 0 aliphatic rings. The summed E-state index contributed by atoms with van der Waals surface area (Å²) in [7, 11) is 0. The molecule has 16 heavy (non-hydrogen) atoms. The lowest BCUT2D eigenvalue weighted by atomic mass is 9.83. The Labute approximate surface area is 106 Å². The SMILES string of the molecule is CC(C)(C)C(CS)CSc1nccc(=O)[nH]1. The molecule has 1 aromatic heterocycles. The molecule has 3 nitrogen and oxygen atoms in total. The molecule has 90 valence electrons. The summed E-state index contributed by atoms with van der Waals surface area (Å²) >= 11 is 5.95. The minimum atomic E-state index is -0.101. The van der Waals surface area contributed by atoms with Crippen LogP contribution >= 0.6 is 24.4 Å². The van der Waals surface area contributed by atoms with Crippen molar-refractivity contribution in [1.29, 1.82) is 0 Å².